The van der Waals surface area contributed by atoms with Gasteiger partial charge in [0.1, 0.15) is 17.7 Å². The van der Waals surface area contributed by atoms with Gasteiger partial charge in [-0.15, -0.1) is 0 Å². The molecule has 1 amide bonds. The maximum absolute atomic E-state index is 12.8. The van der Waals surface area contributed by atoms with Gasteiger partial charge in [-0.2, -0.15) is 0 Å². The number of aryl methyl sites for hydroxylation is 1. The predicted octanol–water partition coefficient (Wildman–Crippen LogP) is 3.37. The highest BCUT2D eigenvalue weighted by molar-refractivity contribution is 6.20. The minimum Gasteiger partial charge on any atom is -0.394 e. The third kappa shape index (κ3) is 2.48. The molecule has 4 nitrogen and oxygen atoms in total. The van der Waals surface area contributed by atoms with Crippen LogP contribution in [0, 0.1) is 12.3 Å². The number of amides is 1. The first-order valence-corrected chi connectivity index (χ1v) is 7.24. The monoisotopic (exact) mass is 294 g/mol. The van der Waals surface area contributed by atoms with Crippen molar-refractivity contribution >= 4 is 17.3 Å². The van der Waals surface area contributed by atoms with Crippen molar-refractivity contribution in [1.29, 1.82) is 0 Å². The second-order valence-electron chi connectivity index (χ2n) is 5.68. The number of nitrogens with one attached hydrogen (secondary N) is 1. The normalized spacial score (nSPS) is 20.2. The van der Waals surface area contributed by atoms with E-state index in [-0.39, 0.29) is 12.5 Å². The van der Waals surface area contributed by atoms with Gasteiger partial charge in [0.05, 0.1) is 0 Å². The molecule has 0 unspecified atom stereocenters. The Labute approximate surface area is 129 Å². The summed E-state index contributed by atoms with van der Waals surface area (Å²) in [5.74, 6) is -0.109. The minimum absolute atomic E-state index is 0.109. The lowest BCUT2D eigenvalue weighted by Gasteiger charge is -2.23. The summed E-state index contributed by atoms with van der Waals surface area (Å²) in [6.45, 7) is 4.07. The van der Waals surface area contributed by atoms with Gasteiger partial charge < -0.3 is 10.2 Å². The van der Waals surface area contributed by atoms with E-state index in [1.165, 1.54) is 0 Å². The number of hydrogen-bond acceptors (Lipinski definition) is 3. The molecule has 1 atom stereocenters. The summed E-state index contributed by atoms with van der Waals surface area (Å²) in [6.07, 6.45) is 0. The lowest BCUT2D eigenvalue weighted by atomic mass is 9.81. The third-order valence-corrected chi connectivity index (χ3v) is 3.97. The largest absolute Gasteiger partial charge is 0.394 e. The van der Waals surface area contributed by atoms with E-state index in [0.29, 0.717) is 5.71 Å². The average Bonchev–Trinajstić information content (AvgIpc) is 2.94. The van der Waals surface area contributed by atoms with Crippen LogP contribution in [-0.4, -0.2) is 18.2 Å². The SMILES string of the molecule is Cc1ccccc1NC(=O)[C@@]1(C)CON=C1c1ccccc1. The predicted molar refractivity (Wildman–Crippen MR) is 86.8 cm³/mol. The van der Waals surface area contributed by atoms with Crippen LogP contribution in [0.5, 0.6) is 0 Å². The number of rotatable bonds is 3. The number of anilines is 1. The van der Waals surface area contributed by atoms with Crippen molar-refractivity contribution in [2.45, 2.75) is 13.8 Å². The summed E-state index contributed by atoms with van der Waals surface area (Å²) in [7, 11) is 0. The fraction of sp³-hybridized carbons (Fsp3) is 0.222. The summed E-state index contributed by atoms with van der Waals surface area (Å²) in [5, 5.41) is 7.09. The molecule has 1 heterocycles. The average molecular weight is 294 g/mol. The van der Waals surface area contributed by atoms with Gasteiger partial charge in [-0.1, -0.05) is 53.7 Å². The first-order chi connectivity index (χ1) is 10.6. The van der Waals surface area contributed by atoms with Crippen LogP contribution in [-0.2, 0) is 9.63 Å². The molecule has 4 heteroatoms. The lowest BCUT2D eigenvalue weighted by Crippen LogP contribution is -2.41. The number of carbonyl (C=O) groups excluding carboxylic acids is 1. The van der Waals surface area contributed by atoms with Crippen LogP contribution in [0.4, 0.5) is 5.69 Å². The van der Waals surface area contributed by atoms with Crippen LogP contribution in [0.1, 0.15) is 18.1 Å². The van der Waals surface area contributed by atoms with E-state index in [4.69, 9.17) is 4.84 Å². The van der Waals surface area contributed by atoms with E-state index >= 15 is 0 Å². The number of oxime groups is 1. The number of carbonyl (C=O) groups is 1. The fourth-order valence-corrected chi connectivity index (χ4v) is 2.51. The van der Waals surface area contributed by atoms with Crippen molar-refractivity contribution in [3.8, 4) is 0 Å². The Hall–Kier alpha value is -2.62. The highest BCUT2D eigenvalue weighted by atomic mass is 16.6. The molecule has 0 radical (unpaired) electrons. The second-order valence-corrected chi connectivity index (χ2v) is 5.68. The van der Waals surface area contributed by atoms with Crippen molar-refractivity contribution in [2.75, 3.05) is 11.9 Å². The third-order valence-electron chi connectivity index (χ3n) is 3.97. The fourth-order valence-electron chi connectivity index (χ4n) is 2.51. The molecule has 2 aromatic carbocycles. The standard InChI is InChI=1S/C18H18N2O2/c1-13-8-6-7-11-15(13)19-17(21)18(2)12-22-20-16(18)14-9-4-3-5-10-14/h3-11H,12H2,1-2H3,(H,19,21)/t18-/m0/s1. The molecule has 0 aromatic heterocycles. The van der Waals surface area contributed by atoms with Gasteiger partial charge >= 0.3 is 0 Å². The van der Waals surface area contributed by atoms with Crippen LogP contribution < -0.4 is 5.32 Å². The lowest BCUT2D eigenvalue weighted by molar-refractivity contribution is -0.122. The molecule has 0 aliphatic carbocycles. The number of nitrogens with zero attached hydrogens (tertiary/aromatic N) is 1. The Balaban J connectivity index is 1.88. The maximum Gasteiger partial charge on any atom is 0.240 e. The van der Waals surface area contributed by atoms with E-state index in [1.54, 1.807) is 0 Å². The van der Waals surface area contributed by atoms with E-state index in [2.05, 4.69) is 10.5 Å². The number of benzene rings is 2. The molecule has 1 aliphatic rings. The van der Waals surface area contributed by atoms with Gasteiger partial charge in [-0.05, 0) is 25.5 Å². The van der Waals surface area contributed by atoms with Crippen LogP contribution in [0.15, 0.2) is 59.8 Å². The first-order valence-electron chi connectivity index (χ1n) is 7.24. The highest BCUT2D eigenvalue weighted by Crippen LogP contribution is 2.31. The molecule has 0 saturated carbocycles. The van der Waals surface area contributed by atoms with Gasteiger partial charge in [0, 0.05) is 11.3 Å². The molecule has 0 spiro atoms. The minimum atomic E-state index is -0.802. The molecule has 2 aromatic rings. The van der Waals surface area contributed by atoms with Crippen LogP contribution in [0.25, 0.3) is 0 Å². The smallest absolute Gasteiger partial charge is 0.240 e. The second kappa shape index (κ2) is 5.64. The summed E-state index contributed by atoms with van der Waals surface area (Å²) in [5.41, 5.74) is 2.61. The van der Waals surface area contributed by atoms with Gasteiger partial charge in [0.15, 0.2) is 0 Å². The van der Waals surface area contributed by atoms with E-state index in [9.17, 15) is 4.79 Å². The van der Waals surface area contributed by atoms with Gasteiger partial charge in [0.25, 0.3) is 0 Å². The Morgan fingerprint density at radius 2 is 1.82 bits per heavy atom. The van der Waals surface area contributed by atoms with Crippen molar-refractivity contribution in [3.63, 3.8) is 0 Å². The van der Waals surface area contributed by atoms with E-state index < -0.39 is 5.41 Å². The molecular formula is C18H18N2O2. The van der Waals surface area contributed by atoms with Crippen LogP contribution in [0.3, 0.4) is 0 Å². The van der Waals surface area contributed by atoms with Gasteiger partial charge in [-0.3, -0.25) is 4.79 Å². The number of para-hydroxylation sites is 1. The highest BCUT2D eigenvalue weighted by Gasteiger charge is 2.44. The zero-order valence-electron chi connectivity index (χ0n) is 12.7. The molecule has 22 heavy (non-hydrogen) atoms. The summed E-state index contributed by atoms with van der Waals surface area (Å²) in [6, 6.07) is 17.4. The van der Waals surface area contributed by atoms with Crippen molar-refractivity contribution in [2.24, 2.45) is 10.6 Å². The Kier molecular flexibility index (Phi) is 3.67. The van der Waals surface area contributed by atoms with Gasteiger partial charge in [-0.25, -0.2) is 0 Å². The first kappa shape index (κ1) is 14.3. The van der Waals surface area contributed by atoms with E-state index in [1.807, 2.05) is 68.4 Å². The molecule has 3 rings (SSSR count). The zero-order valence-corrected chi connectivity index (χ0v) is 12.7. The summed E-state index contributed by atoms with van der Waals surface area (Å²) in [4.78, 5) is 18.0. The zero-order chi connectivity index (χ0) is 15.6. The van der Waals surface area contributed by atoms with Crippen molar-refractivity contribution in [3.05, 3.63) is 65.7 Å². The number of hydrogen-bond donors (Lipinski definition) is 1. The van der Waals surface area contributed by atoms with E-state index in [0.717, 1.165) is 16.8 Å². The molecule has 1 aliphatic heterocycles. The Morgan fingerprint density at radius 1 is 1.14 bits per heavy atom. The maximum atomic E-state index is 12.8. The molecule has 0 bridgehead atoms. The molecule has 0 saturated heterocycles. The van der Waals surface area contributed by atoms with Crippen LogP contribution in [0.2, 0.25) is 0 Å². The Morgan fingerprint density at radius 3 is 2.55 bits per heavy atom. The topological polar surface area (TPSA) is 50.7 Å². The van der Waals surface area contributed by atoms with Crippen LogP contribution >= 0.6 is 0 Å². The van der Waals surface area contributed by atoms with Gasteiger partial charge in [0.2, 0.25) is 5.91 Å². The molecule has 1 N–H and O–H groups in total. The molecule has 112 valence electrons. The summed E-state index contributed by atoms with van der Waals surface area (Å²) < 4.78 is 0. The quantitative estimate of drug-likeness (QED) is 0.943. The Bertz CT molecular complexity index is 725. The van der Waals surface area contributed by atoms with Crippen molar-refractivity contribution in [1.82, 2.24) is 0 Å². The summed E-state index contributed by atoms with van der Waals surface area (Å²) >= 11 is 0. The molecule has 0 fully saturated rings. The van der Waals surface area contributed by atoms with Crippen molar-refractivity contribution < 1.29 is 9.63 Å². The molecular weight excluding hydrogens is 276 g/mol.